The number of rotatable bonds is 8. The average Bonchev–Trinajstić information content (AvgIpc) is 3.42. The molecule has 172 valence electrons. The number of benzene rings is 1. The Bertz CT molecular complexity index is 1120. The molecule has 2 amide bonds. The van der Waals surface area contributed by atoms with Gasteiger partial charge < -0.3 is 15.4 Å². The molecule has 2 heterocycles. The van der Waals surface area contributed by atoms with Crippen LogP contribution in [0.5, 0.6) is 5.75 Å². The van der Waals surface area contributed by atoms with Crippen molar-refractivity contribution in [2.45, 2.75) is 51.5 Å². The number of carbonyl (C=O) groups is 2. The van der Waals surface area contributed by atoms with Gasteiger partial charge in [0.25, 0.3) is 11.8 Å². The van der Waals surface area contributed by atoms with E-state index in [0.717, 1.165) is 42.5 Å². The van der Waals surface area contributed by atoms with Crippen LogP contribution in [0, 0.1) is 0 Å². The Morgan fingerprint density at radius 1 is 1.22 bits per heavy atom. The average molecular weight is 477 g/mol. The molecule has 2 N–H and O–H groups in total. The summed E-state index contributed by atoms with van der Waals surface area (Å²) in [5, 5.41) is 6.32. The zero-order valence-electron chi connectivity index (χ0n) is 18.1. The molecule has 1 fully saturated rings. The van der Waals surface area contributed by atoms with Crippen LogP contribution in [0.1, 0.15) is 63.8 Å². The lowest BCUT2D eigenvalue weighted by Crippen LogP contribution is -2.36. The van der Waals surface area contributed by atoms with Gasteiger partial charge in [-0.3, -0.25) is 9.59 Å². The lowest BCUT2D eigenvalue weighted by atomic mass is 10.1. The van der Waals surface area contributed by atoms with E-state index in [-0.39, 0.29) is 29.4 Å². The highest BCUT2D eigenvalue weighted by Crippen LogP contribution is 2.39. The second-order valence-corrected chi connectivity index (χ2v) is 11.7. The number of hydrogen-bond donors (Lipinski definition) is 2. The summed E-state index contributed by atoms with van der Waals surface area (Å²) in [5.74, 6) is 0.0966. The first-order valence-corrected chi connectivity index (χ1v) is 13.7. The van der Waals surface area contributed by atoms with Crippen LogP contribution in [-0.2, 0) is 22.7 Å². The zero-order chi connectivity index (χ0) is 22.7. The highest BCUT2D eigenvalue weighted by molar-refractivity contribution is 7.91. The minimum atomic E-state index is -3.09. The van der Waals surface area contributed by atoms with E-state index in [1.165, 1.54) is 11.3 Å². The van der Waals surface area contributed by atoms with Crippen molar-refractivity contribution in [2.24, 2.45) is 0 Å². The minimum Gasteiger partial charge on any atom is -0.494 e. The standard InChI is InChI=1S/C23H28N2O5S2/c1-2-3-11-30-17-7-4-6-15(13-17)21(26)25-23-20(18-8-5-9-19(18)31-23)22(27)24-16-10-12-32(28,29)14-16/h4,6-7,13,16H,2-3,5,8-12,14H2,1H3,(H,24,27)(H,25,26)/t16-/m0/s1. The van der Waals surface area contributed by atoms with Gasteiger partial charge >= 0.3 is 0 Å². The van der Waals surface area contributed by atoms with Crippen LogP contribution in [0.3, 0.4) is 0 Å². The summed E-state index contributed by atoms with van der Waals surface area (Å²) in [4.78, 5) is 27.2. The molecule has 1 aromatic carbocycles. The van der Waals surface area contributed by atoms with E-state index in [0.29, 0.717) is 34.9 Å². The fourth-order valence-corrected chi connectivity index (χ4v) is 7.09. The predicted octanol–water partition coefficient (Wildman–Crippen LogP) is 3.58. The summed E-state index contributed by atoms with van der Waals surface area (Å²) in [6.45, 7) is 2.69. The van der Waals surface area contributed by atoms with Gasteiger partial charge in [0.2, 0.25) is 0 Å². The molecule has 0 radical (unpaired) electrons. The normalized spacial score (nSPS) is 18.8. The first-order chi connectivity index (χ1) is 15.4. The number of anilines is 1. The fourth-order valence-electron chi connectivity index (χ4n) is 4.14. The lowest BCUT2D eigenvalue weighted by molar-refractivity contribution is 0.0941. The molecule has 0 saturated carbocycles. The number of fused-ring (bicyclic) bond motifs is 1. The summed E-state index contributed by atoms with van der Waals surface area (Å²) < 4.78 is 29.2. The largest absolute Gasteiger partial charge is 0.494 e. The maximum atomic E-state index is 13.1. The van der Waals surface area contributed by atoms with Gasteiger partial charge in [0.05, 0.1) is 23.7 Å². The van der Waals surface area contributed by atoms with Crippen LogP contribution in [0.2, 0.25) is 0 Å². The van der Waals surface area contributed by atoms with Crippen molar-refractivity contribution in [2.75, 3.05) is 23.4 Å². The Morgan fingerprint density at radius 2 is 2.06 bits per heavy atom. The number of sulfone groups is 1. The third kappa shape index (κ3) is 5.15. The molecular weight excluding hydrogens is 448 g/mol. The molecule has 2 aliphatic rings. The van der Waals surface area contributed by atoms with Crippen molar-refractivity contribution in [1.82, 2.24) is 5.32 Å². The van der Waals surface area contributed by atoms with E-state index in [2.05, 4.69) is 17.6 Å². The summed E-state index contributed by atoms with van der Waals surface area (Å²) in [6, 6.07) is 6.63. The van der Waals surface area contributed by atoms with Crippen molar-refractivity contribution in [1.29, 1.82) is 0 Å². The summed E-state index contributed by atoms with van der Waals surface area (Å²) in [7, 11) is -3.09. The first-order valence-electron chi connectivity index (χ1n) is 11.1. The molecule has 0 bridgehead atoms. The highest BCUT2D eigenvalue weighted by atomic mass is 32.2. The van der Waals surface area contributed by atoms with Crippen molar-refractivity contribution < 1.29 is 22.7 Å². The predicted molar refractivity (Wildman–Crippen MR) is 126 cm³/mol. The van der Waals surface area contributed by atoms with Crippen LogP contribution in [0.4, 0.5) is 5.00 Å². The van der Waals surface area contributed by atoms with E-state index < -0.39 is 9.84 Å². The number of amides is 2. The van der Waals surface area contributed by atoms with E-state index in [1.807, 2.05) is 6.07 Å². The third-order valence-electron chi connectivity index (χ3n) is 5.81. The molecule has 32 heavy (non-hydrogen) atoms. The quantitative estimate of drug-likeness (QED) is 0.567. The Kier molecular flexibility index (Phi) is 6.85. The molecule has 0 unspecified atom stereocenters. The van der Waals surface area contributed by atoms with Gasteiger partial charge in [0.1, 0.15) is 10.8 Å². The van der Waals surface area contributed by atoms with Crippen molar-refractivity contribution in [3.63, 3.8) is 0 Å². The smallest absolute Gasteiger partial charge is 0.256 e. The van der Waals surface area contributed by atoms with Gasteiger partial charge in [0, 0.05) is 16.5 Å². The summed E-state index contributed by atoms with van der Waals surface area (Å²) in [5.41, 5.74) is 1.91. The third-order valence-corrected chi connectivity index (χ3v) is 8.78. The molecule has 7 nitrogen and oxygen atoms in total. The van der Waals surface area contributed by atoms with Gasteiger partial charge in [-0.05, 0) is 55.9 Å². The Balaban J connectivity index is 1.51. The molecule has 0 spiro atoms. The topological polar surface area (TPSA) is 102 Å². The van der Waals surface area contributed by atoms with Gasteiger partial charge in [-0.15, -0.1) is 11.3 Å². The number of thiophene rings is 1. The molecule has 4 rings (SSSR count). The Hall–Kier alpha value is -2.39. The SMILES string of the molecule is CCCCOc1cccc(C(=O)Nc2sc3c(c2C(=O)N[C@H]2CCS(=O)(=O)C2)CCC3)c1. The van der Waals surface area contributed by atoms with Crippen LogP contribution in [0.25, 0.3) is 0 Å². The van der Waals surface area contributed by atoms with Gasteiger partial charge in [-0.25, -0.2) is 8.42 Å². The fraction of sp³-hybridized carbons (Fsp3) is 0.478. The molecular formula is C23H28N2O5S2. The molecule has 1 aromatic heterocycles. The highest BCUT2D eigenvalue weighted by Gasteiger charge is 2.32. The lowest BCUT2D eigenvalue weighted by Gasteiger charge is -2.13. The van der Waals surface area contributed by atoms with Crippen LogP contribution < -0.4 is 15.4 Å². The minimum absolute atomic E-state index is 0.0302. The maximum Gasteiger partial charge on any atom is 0.256 e. The number of ether oxygens (including phenoxy) is 1. The molecule has 1 saturated heterocycles. The van der Waals surface area contributed by atoms with Crippen LogP contribution >= 0.6 is 11.3 Å². The van der Waals surface area contributed by atoms with Gasteiger partial charge in [-0.1, -0.05) is 19.4 Å². The molecule has 1 aliphatic carbocycles. The van der Waals surface area contributed by atoms with E-state index in [4.69, 9.17) is 4.74 Å². The van der Waals surface area contributed by atoms with E-state index in [1.54, 1.807) is 18.2 Å². The second kappa shape index (κ2) is 9.62. The van der Waals surface area contributed by atoms with E-state index in [9.17, 15) is 18.0 Å². The summed E-state index contributed by atoms with van der Waals surface area (Å²) >= 11 is 1.44. The van der Waals surface area contributed by atoms with Crippen LogP contribution in [0.15, 0.2) is 24.3 Å². The number of aryl methyl sites for hydroxylation is 1. The number of carbonyl (C=O) groups excluding carboxylic acids is 2. The van der Waals surface area contributed by atoms with Crippen molar-refractivity contribution in [3.05, 3.63) is 45.8 Å². The van der Waals surface area contributed by atoms with Gasteiger partial charge in [-0.2, -0.15) is 0 Å². The molecule has 1 aliphatic heterocycles. The molecule has 2 aromatic rings. The Morgan fingerprint density at radius 3 is 2.81 bits per heavy atom. The van der Waals surface area contributed by atoms with Crippen LogP contribution in [-0.4, -0.2) is 44.4 Å². The van der Waals surface area contributed by atoms with E-state index >= 15 is 0 Å². The zero-order valence-corrected chi connectivity index (χ0v) is 19.7. The Labute approximate surface area is 192 Å². The second-order valence-electron chi connectivity index (χ2n) is 8.32. The number of unbranched alkanes of at least 4 members (excludes halogenated alkanes) is 1. The maximum absolute atomic E-state index is 13.1. The molecule has 9 heteroatoms. The van der Waals surface area contributed by atoms with Gasteiger partial charge in [0.15, 0.2) is 9.84 Å². The van der Waals surface area contributed by atoms with Crippen molar-refractivity contribution >= 4 is 38.0 Å². The number of hydrogen-bond acceptors (Lipinski definition) is 6. The number of nitrogens with one attached hydrogen (secondary N) is 2. The summed E-state index contributed by atoms with van der Waals surface area (Å²) in [6.07, 6.45) is 5.04. The first kappa shape index (κ1) is 22.8. The van der Waals surface area contributed by atoms with Crippen molar-refractivity contribution in [3.8, 4) is 5.75 Å². The molecule has 1 atom stereocenters. The monoisotopic (exact) mass is 476 g/mol.